The zero-order valence-electron chi connectivity index (χ0n) is 9.08. The van der Waals surface area contributed by atoms with Gasteiger partial charge in [-0.1, -0.05) is 47.0 Å². The average molecular weight is 279 g/mol. The summed E-state index contributed by atoms with van der Waals surface area (Å²) in [6, 6.07) is 9.73. The van der Waals surface area contributed by atoms with Crippen molar-refractivity contribution in [2.75, 3.05) is 6.26 Å². The molecule has 0 fully saturated rings. The van der Waals surface area contributed by atoms with Crippen molar-refractivity contribution < 1.29 is 0 Å². The highest BCUT2D eigenvalue weighted by atomic mass is 32.2. The third-order valence-corrected chi connectivity index (χ3v) is 5.11. The van der Waals surface area contributed by atoms with E-state index < -0.39 is 0 Å². The van der Waals surface area contributed by atoms with Crippen molar-refractivity contribution in [2.24, 2.45) is 0 Å². The molecule has 0 bridgehead atoms. The Morgan fingerprint density at radius 3 is 2.53 bits per heavy atom. The SMILES string of the molecule is CSc1nnc(SCc2ccc(C#N)cc2)s1. The minimum absolute atomic E-state index is 0.694. The number of aromatic nitrogens is 2. The first-order valence-corrected chi connectivity index (χ1v) is 7.84. The first-order chi connectivity index (χ1) is 8.31. The van der Waals surface area contributed by atoms with Gasteiger partial charge in [0.1, 0.15) is 0 Å². The Morgan fingerprint density at radius 1 is 1.24 bits per heavy atom. The van der Waals surface area contributed by atoms with Crippen LogP contribution in [-0.4, -0.2) is 16.5 Å². The van der Waals surface area contributed by atoms with E-state index in [1.165, 1.54) is 5.56 Å². The normalized spacial score (nSPS) is 10.1. The molecule has 17 heavy (non-hydrogen) atoms. The minimum atomic E-state index is 0.694. The molecule has 0 saturated heterocycles. The second-order valence-electron chi connectivity index (χ2n) is 3.14. The summed E-state index contributed by atoms with van der Waals surface area (Å²) in [6.45, 7) is 0. The molecule has 2 aromatic rings. The van der Waals surface area contributed by atoms with Crippen molar-refractivity contribution in [3.05, 3.63) is 35.4 Å². The molecule has 0 N–H and O–H groups in total. The fraction of sp³-hybridized carbons (Fsp3) is 0.182. The van der Waals surface area contributed by atoms with Crippen LogP contribution >= 0.6 is 34.9 Å². The molecule has 0 amide bonds. The second-order valence-corrected chi connectivity index (χ2v) is 6.39. The van der Waals surface area contributed by atoms with Gasteiger partial charge in [0.05, 0.1) is 11.6 Å². The molecular weight excluding hydrogens is 270 g/mol. The summed E-state index contributed by atoms with van der Waals surface area (Å²) >= 11 is 4.89. The third kappa shape index (κ3) is 3.46. The Kier molecular flexibility index (Phi) is 4.42. The number of nitriles is 1. The lowest BCUT2D eigenvalue weighted by molar-refractivity contribution is 0.955. The van der Waals surface area contributed by atoms with Gasteiger partial charge in [0, 0.05) is 5.75 Å². The lowest BCUT2D eigenvalue weighted by atomic mass is 10.2. The van der Waals surface area contributed by atoms with Crippen LogP contribution in [-0.2, 0) is 5.75 Å². The maximum atomic E-state index is 8.69. The average Bonchev–Trinajstić information content (AvgIpc) is 2.85. The quantitative estimate of drug-likeness (QED) is 0.803. The predicted octanol–water partition coefficient (Wildman–Crippen LogP) is 3.42. The number of benzene rings is 1. The van der Waals surface area contributed by atoms with Crippen molar-refractivity contribution in [3.8, 4) is 6.07 Å². The number of rotatable bonds is 4. The number of thioether (sulfide) groups is 2. The summed E-state index contributed by atoms with van der Waals surface area (Å²) in [5, 5.41) is 16.8. The molecule has 0 aliphatic rings. The maximum Gasteiger partial charge on any atom is 0.175 e. The van der Waals surface area contributed by atoms with Gasteiger partial charge in [-0.15, -0.1) is 10.2 Å². The summed E-state index contributed by atoms with van der Waals surface area (Å²) in [4.78, 5) is 0. The van der Waals surface area contributed by atoms with Gasteiger partial charge in [-0.3, -0.25) is 0 Å². The molecule has 0 aliphatic heterocycles. The highest BCUT2D eigenvalue weighted by Gasteiger charge is 2.04. The Morgan fingerprint density at radius 2 is 1.94 bits per heavy atom. The Hall–Kier alpha value is -1.03. The van der Waals surface area contributed by atoms with Gasteiger partial charge >= 0.3 is 0 Å². The van der Waals surface area contributed by atoms with E-state index in [4.69, 9.17) is 5.26 Å². The smallest absolute Gasteiger partial charge is 0.175 e. The first kappa shape index (κ1) is 12.4. The monoisotopic (exact) mass is 279 g/mol. The molecule has 2 rings (SSSR count). The predicted molar refractivity (Wildman–Crippen MR) is 72.4 cm³/mol. The molecule has 3 nitrogen and oxygen atoms in total. The van der Waals surface area contributed by atoms with E-state index in [0.29, 0.717) is 5.56 Å². The van der Waals surface area contributed by atoms with Crippen LogP contribution in [0.25, 0.3) is 0 Å². The van der Waals surface area contributed by atoms with E-state index in [9.17, 15) is 0 Å². The lowest BCUT2D eigenvalue weighted by Gasteiger charge is -1.98. The van der Waals surface area contributed by atoms with Crippen molar-refractivity contribution in [2.45, 2.75) is 14.4 Å². The van der Waals surface area contributed by atoms with Crippen LogP contribution in [0.5, 0.6) is 0 Å². The zero-order chi connectivity index (χ0) is 12.1. The Bertz CT molecular complexity index is 528. The topological polar surface area (TPSA) is 49.6 Å². The maximum absolute atomic E-state index is 8.69. The lowest BCUT2D eigenvalue weighted by Crippen LogP contribution is -1.81. The molecule has 6 heteroatoms. The molecular formula is C11H9N3S3. The van der Waals surface area contributed by atoms with Crippen molar-refractivity contribution in [1.29, 1.82) is 5.26 Å². The van der Waals surface area contributed by atoms with E-state index in [1.54, 1.807) is 34.9 Å². The van der Waals surface area contributed by atoms with Gasteiger partial charge in [0.2, 0.25) is 0 Å². The molecule has 1 aromatic heterocycles. The standard InChI is InChI=1S/C11H9N3S3/c1-15-10-13-14-11(17-10)16-7-9-4-2-8(6-12)3-5-9/h2-5H,7H2,1H3. The Balaban J connectivity index is 1.95. The summed E-state index contributed by atoms with van der Waals surface area (Å²) in [7, 11) is 0. The summed E-state index contributed by atoms with van der Waals surface area (Å²) in [5.74, 6) is 0.856. The fourth-order valence-electron chi connectivity index (χ4n) is 1.16. The highest BCUT2D eigenvalue weighted by Crippen LogP contribution is 2.29. The molecule has 0 radical (unpaired) electrons. The molecule has 0 atom stereocenters. The van der Waals surface area contributed by atoms with Crippen molar-refractivity contribution in [3.63, 3.8) is 0 Å². The Labute approximate surface area is 112 Å². The van der Waals surface area contributed by atoms with Crippen LogP contribution in [0.3, 0.4) is 0 Å². The fourth-order valence-corrected chi connectivity index (χ4v) is 3.55. The molecule has 0 aliphatic carbocycles. The molecule has 1 heterocycles. The van der Waals surface area contributed by atoms with Crippen molar-refractivity contribution in [1.82, 2.24) is 10.2 Å². The van der Waals surface area contributed by atoms with E-state index in [2.05, 4.69) is 16.3 Å². The van der Waals surface area contributed by atoms with Crippen LogP contribution in [0.15, 0.2) is 32.9 Å². The van der Waals surface area contributed by atoms with Gasteiger partial charge < -0.3 is 0 Å². The first-order valence-electron chi connectivity index (χ1n) is 4.81. The van der Waals surface area contributed by atoms with E-state index >= 15 is 0 Å². The van der Waals surface area contributed by atoms with Crippen LogP contribution in [0.1, 0.15) is 11.1 Å². The highest BCUT2D eigenvalue weighted by molar-refractivity contribution is 8.02. The number of hydrogen-bond acceptors (Lipinski definition) is 6. The molecule has 1 aromatic carbocycles. The van der Waals surface area contributed by atoms with E-state index in [1.807, 2.05) is 30.5 Å². The summed E-state index contributed by atoms with van der Waals surface area (Å²) in [6.07, 6.45) is 2.00. The van der Waals surface area contributed by atoms with Gasteiger partial charge in [0.25, 0.3) is 0 Å². The van der Waals surface area contributed by atoms with Crippen LogP contribution in [0, 0.1) is 11.3 Å². The van der Waals surface area contributed by atoms with Gasteiger partial charge in [-0.2, -0.15) is 5.26 Å². The van der Waals surface area contributed by atoms with Crippen molar-refractivity contribution >= 4 is 34.9 Å². The minimum Gasteiger partial charge on any atom is -0.192 e. The number of hydrogen-bond donors (Lipinski definition) is 0. The molecule has 0 unspecified atom stereocenters. The summed E-state index contributed by atoms with van der Waals surface area (Å²) in [5.41, 5.74) is 1.88. The van der Waals surface area contributed by atoms with Gasteiger partial charge in [-0.25, -0.2) is 0 Å². The molecule has 0 spiro atoms. The van der Waals surface area contributed by atoms with Crippen LogP contribution in [0.4, 0.5) is 0 Å². The van der Waals surface area contributed by atoms with E-state index in [-0.39, 0.29) is 0 Å². The summed E-state index contributed by atoms with van der Waals surface area (Å²) < 4.78 is 1.98. The zero-order valence-corrected chi connectivity index (χ0v) is 11.5. The van der Waals surface area contributed by atoms with Crippen LogP contribution in [0.2, 0.25) is 0 Å². The third-order valence-electron chi connectivity index (χ3n) is 2.01. The van der Waals surface area contributed by atoms with Crippen LogP contribution < -0.4 is 0 Å². The molecule has 0 saturated carbocycles. The largest absolute Gasteiger partial charge is 0.192 e. The molecule has 86 valence electrons. The van der Waals surface area contributed by atoms with Gasteiger partial charge in [0.15, 0.2) is 8.68 Å². The van der Waals surface area contributed by atoms with E-state index in [0.717, 1.165) is 14.4 Å². The number of nitrogens with zero attached hydrogens (tertiary/aromatic N) is 3. The second kappa shape index (κ2) is 6.05. The van der Waals surface area contributed by atoms with Gasteiger partial charge in [-0.05, 0) is 24.0 Å².